The highest BCUT2D eigenvalue weighted by molar-refractivity contribution is 7.99. The van der Waals surface area contributed by atoms with E-state index in [1.807, 2.05) is 36.1 Å². The number of pyridine rings is 1. The van der Waals surface area contributed by atoms with Gasteiger partial charge < -0.3 is 15.0 Å². The second kappa shape index (κ2) is 7.86. The van der Waals surface area contributed by atoms with Crippen molar-refractivity contribution in [2.45, 2.75) is 36.9 Å². The van der Waals surface area contributed by atoms with Crippen molar-refractivity contribution in [1.82, 2.24) is 15.2 Å². The van der Waals surface area contributed by atoms with Crippen LogP contribution in [0, 0.1) is 0 Å². The highest BCUT2D eigenvalue weighted by Crippen LogP contribution is 2.26. The smallest absolute Gasteiger partial charge is 0.252 e. The number of nitrogens with zero attached hydrogens (tertiary/aromatic N) is 2. The molecule has 0 radical (unpaired) electrons. The molecule has 1 aliphatic carbocycles. The highest BCUT2D eigenvalue weighted by Gasteiger charge is 2.25. The maximum Gasteiger partial charge on any atom is 0.252 e. The van der Waals surface area contributed by atoms with Crippen LogP contribution in [0.25, 0.3) is 10.9 Å². The molecule has 1 N–H and O–H groups in total. The SMILES string of the molecule is CC1CN(C(=O)CSc2cc(C(=O)NC3CC3)c3ccccc3n2)CCO1. The van der Waals surface area contributed by atoms with E-state index in [2.05, 4.69) is 10.3 Å². The van der Waals surface area contributed by atoms with Gasteiger partial charge in [-0.1, -0.05) is 30.0 Å². The van der Waals surface area contributed by atoms with Crippen molar-refractivity contribution in [2.24, 2.45) is 0 Å². The summed E-state index contributed by atoms with van der Waals surface area (Å²) in [4.78, 5) is 31.6. The zero-order chi connectivity index (χ0) is 18.8. The monoisotopic (exact) mass is 385 g/mol. The Labute approximate surface area is 162 Å². The Bertz CT molecular complexity index is 869. The van der Waals surface area contributed by atoms with E-state index < -0.39 is 0 Å². The van der Waals surface area contributed by atoms with E-state index in [-0.39, 0.29) is 17.9 Å². The van der Waals surface area contributed by atoms with Crippen LogP contribution in [-0.4, -0.2) is 59.3 Å². The number of ether oxygens (including phenoxy) is 1. The number of hydrogen-bond donors (Lipinski definition) is 1. The Morgan fingerprint density at radius 2 is 2.15 bits per heavy atom. The number of carbonyl (C=O) groups is 2. The lowest BCUT2D eigenvalue weighted by Gasteiger charge is -2.31. The summed E-state index contributed by atoms with van der Waals surface area (Å²) in [5.41, 5.74) is 1.40. The molecule has 1 aromatic carbocycles. The minimum absolute atomic E-state index is 0.0636. The third kappa shape index (κ3) is 4.42. The molecule has 27 heavy (non-hydrogen) atoms. The third-order valence-electron chi connectivity index (χ3n) is 4.79. The zero-order valence-corrected chi connectivity index (χ0v) is 16.1. The fraction of sp³-hybridized carbons (Fsp3) is 0.450. The fourth-order valence-corrected chi connectivity index (χ4v) is 3.99. The Morgan fingerprint density at radius 1 is 1.33 bits per heavy atom. The van der Waals surface area contributed by atoms with Crippen molar-refractivity contribution in [3.63, 3.8) is 0 Å². The van der Waals surface area contributed by atoms with Crippen molar-refractivity contribution in [1.29, 1.82) is 0 Å². The van der Waals surface area contributed by atoms with Gasteiger partial charge in [0.05, 0.1) is 34.6 Å². The molecule has 7 heteroatoms. The molecule has 1 unspecified atom stereocenters. The van der Waals surface area contributed by atoms with Crippen LogP contribution in [-0.2, 0) is 9.53 Å². The Hall–Kier alpha value is -2.12. The highest BCUT2D eigenvalue weighted by atomic mass is 32.2. The summed E-state index contributed by atoms with van der Waals surface area (Å²) in [7, 11) is 0. The zero-order valence-electron chi connectivity index (χ0n) is 15.3. The van der Waals surface area contributed by atoms with Crippen molar-refractivity contribution in [3.05, 3.63) is 35.9 Å². The summed E-state index contributed by atoms with van der Waals surface area (Å²) in [5, 5.41) is 4.59. The average molecular weight is 385 g/mol. The summed E-state index contributed by atoms with van der Waals surface area (Å²) < 4.78 is 5.49. The van der Waals surface area contributed by atoms with Crippen LogP contribution in [0.5, 0.6) is 0 Å². The van der Waals surface area contributed by atoms with Gasteiger partial charge in [-0.25, -0.2) is 4.98 Å². The average Bonchev–Trinajstić information content (AvgIpc) is 3.49. The minimum atomic E-state index is -0.0636. The topological polar surface area (TPSA) is 71.5 Å². The normalized spacial score (nSPS) is 19.9. The van der Waals surface area contributed by atoms with Crippen molar-refractivity contribution >= 4 is 34.5 Å². The van der Waals surface area contributed by atoms with Crippen LogP contribution in [0.1, 0.15) is 30.1 Å². The molecule has 2 amide bonds. The molecule has 0 spiro atoms. The van der Waals surface area contributed by atoms with Gasteiger partial charge in [-0.15, -0.1) is 0 Å². The Morgan fingerprint density at radius 3 is 2.93 bits per heavy atom. The van der Waals surface area contributed by atoms with E-state index in [0.29, 0.717) is 42.1 Å². The lowest BCUT2D eigenvalue weighted by Crippen LogP contribution is -2.45. The maximum absolute atomic E-state index is 12.6. The largest absolute Gasteiger partial charge is 0.375 e. The molecule has 1 aromatic heterocycles. The number of para-hydroxylation sites is 1. The number of rotatable bonds is 5. The molecule has 4 rings (SSSR count). The Kier molecular flexibility index (Phi) is 5.31. The van der Waals surface area contributed by atoms with Crippen LogP contribution < -0.4 is 5.32 Å². The summed E-state index contributed by atoms with van der Waals surface area (Å²) in [5.74, 6) is 0.322. The first-order valence-electron chi connectivity index (χ1n) is 9.33. The minimum Gasteiger partial charge on any atom is -0.375 e. The lowest BCUT2D eigenvalue weighted by atomic mass is 10.1. The number of hydrogen-bond acceptors (Lipinski definition) is 5. The number of aromatic nitrogens is 1. The maximum atomic E-state index is 12.6. The van der Waals surface area contributed by atoms with Crippen LogP contribution >= 0.6 is 11.8 Å². The molecule has 1 saturated carbocycles. The van der Waals surface area contributed by atoms with E-state index in [9.17, 15) is 9.59 Å². The molecule has 2 aliphatic rings. The predicted octanol–water partition coefficient (Wildman–Crippen LogP) is 2.47. The molecular weight excluding hydrogens is 362 g/mol. The molecule has 1 saturated heterocycles. The fourth-order valence-electron chi connectivity index (χ4n) is 3.18. The predicted molar refractivity (Wildman–Crippen MR) is 105 cm³/mol. The number of carbonyl (C=O) groups excluding carboxylic acids is 2. The molecule has 1 aliphatic heterocycles. The van der Waals surface area contributed by atoms with Gasteiger partial charge in [0.25, 0.3) is 5.91 Å². The van der Waals surface area contributed by atoms with Crippen LogP contribution in [0.4, 0.5) is 0 Å². The van der Waals surface area contributed by atoms with E-state index in [4.69, 9.17) is 4.74 Å². The quantitative estimate of drug-likeness (QED) is 0.801. The van der Waals surface area contributed by atoms with Crippen molar-refractivity contribution < 1.29 is 14.3 Å². The summed E-state index contributed by atoms with van der Waals surface area (Å²) in [6, 6.07) is 9.74. The molecule has 1 atom stereocenters. The second-order valence-corrected chi connectivity index (χ2v) is 8.08. The summed E-state index contributed by atoms with van der Waals surface area (Å²) in [6.07, 6.45) is 2.16. The number of amides is 2. The molecular formula is C20H23N3O3S. The second-order valence-electron chi connectivity index (χ2n) is 7.08. The molecule has 2 heterocycles. The molecule has 2 fully saturated rings. The lowest BCUT2D eigenvalue weighted by molar-refractivity contribution is -0.135. The standard InChI is InChI=1S/C20H23N3O3S/c1-13-11-23(8-9-26-13)19(24)12-27-18-10-16(20(25)21-14-6-7-14)15-4-2-3-5-17(15)22-18/h2-5,10,13-14H,6-9,11-12H2,1H3,(H,21,25). The van der Waals surface area contributed by atoms with Crippen LogP contribution in [0.3, 0.4) is 0 Å². The number of nitrogens with one attached hydrogen (secondary N) is 1. The van der Waals surface area contributed by atoms with Crippen molar-refractivity contribution in [3.8, 4) is 0 Å². The van der Waals surface area contributed by atoms with Crippen LogP contribution in [0.2, 0.25) is 0 Å². The summed E-state index contributed by atoms with van der Waals surface area (Å²) >= 11 is 1.38. The molecule has 2 aromatic rings. The number of thioether (sulfide) groups is 1. The van der Waals surface area contributed by atoms with Gasteiger partial charge in [0.1, 0.15) is 0 Å². The van der Waals surface area contributed by atoms with E-state index in [1.165, 1.54) is 11.8 Å². The first-order valence-corrected chi connectivity index (χ1v) is 10.3. The molecule has 6 nitrogen and oxygen atoms in total. The van der Waals surface area contributed by atoms with E-state index in [0.717, 1.165) is 23.7 Å². The summed E-state index contributed by atoms with van der Waals surface area (Å²) in [6.45, 7) is 3.81. The van der Waals surface area contributed by atoms with Gasteiger partial charge >= 0.3 is 0 Å². The molecule has 0 bridgehead atoms. The third-order valence-corrected chi connectivity index (χ3v) is 5.68. The first-order chi connectivity index (χ1) is 13.1. The van der Waals surface area contributed by atoms with Crippen molar-refractivity contribution in [2.75, 3.05) is 25.4 Å². The van der Waals surface area contributed by atoms with E-state index >= 15 is 0 Å². The van der Waals surface area contributed by atoms with Gasteiger partial charge in [0.2, 0.25) is 5.91 Å². The number of fused-ring (bicyclic) bond motifs is 1. The van der Waals surface area contributed by atoms with Crippen LogP contribution in [0.15, 0.2) is 35.4 Å². The van der Waals surface area contributed by atoms with E-state index in [1.54, 1.807) is 6.07 Å². The van der Waals surface area contributed by atoms with Gasteiger partial charge in [-0.05, 0) is 31.9 Å². The first kappa shape index (κ1) is 18.3. The van der Waals surface area contributed by atoms with Gasteiger partial charge in [0, 0.05) is 24.5 Å². The van der Waals surface area contributed by atoms with Gasteiger partial charge in [-0.2, -0.15) is 0 Å². The molecule has 142 valence electrons. The van der Waals surface area contributed by atoms with Gasteiger partial charge in [-0.3, -0.25) is 9.59 Å². The number of morpholine rings is 1. The van der Waals surface area contributed by atoms with Gasteiger partial charge in [0.15, 0.2) is 0 Å². The number of benzene rings is 1. The Balaban J connectivity index is 1.51.